The number of aromatic hydroxyl groups is 2. The van der Waals surface area contributed by atoms with E-state index >= 15 is 0 Å². The summed E-state index contributed by atoms with van der Waals surface area (Å²) in [5, 5.41) is 27.7. The molecule has 536 valence electrons. The van der Waals surface area contributed by atoms with E-state index in [4.69, 9.17) is 84.2 Å². The first-order valence-electron chi connectivity index (χ1n) is 29.4. The zero-order chi connectivity index (χ0) is 74.3. The number of halogens is 9. The number of ketones is 3. The van der Waals surface area contributed by atoms with E-state index < -0.39 is 5.97 Å². The number of esters is 1. The lowest BCUT2D eigenvalue weighted by Gasteiger charge is -2.12. The Hall–Kier alpha value is -8.09. The third-order valence-electron chi connectivity index (χ3n) is 12.9. The maximum absolute atomic E-state index is 12.2. The molecule has 0 aliphatic rings. The van der Waals surface area contributed by atoms with Gasteiger partial charge in [0.2, 0.25) is 0 Å². The second-order valence-electron chi connectivity index (χ2n) is 20.2. The number of hydrogen-bond donors (Lipinski definition) is 6. The molecule has 0 fully saturated rings. The van der Waals surface area contributed by atoms with Crippen LogP contribution in [-0.2, 0) is 23.7 Å². The molecule has 0 saturated carbocycles. The number of phenolic OH excluding ortho intramolecular Hbond substituents is 2. The monoisotopic (exact) mass is 1790 g/mol. The number of methoxy groups -OCH3 is 3. The van der Waals surface area contributed by atoms with Gasteiger partial charge in [-0.2, -0.15) is 0 Å². The highest BCUT2D eigenvalue weighted by atomic mass is 79.9. The van der Waals surface area contributed by atoms with Crippen LogP contribution in [0.5, 0.6) is 28.7 Å². The Balaban J connectivity index is 0.000000266. The van der Waals surface area contributed by atoms with Gasteiger partial charge < -0.3 is 59.1 Å². The molecular formula is C72H65Br5Cl4N6O15. The van der Waals surface area contributed by atoms with Crippen molar-refractivity contribution in [2.45, 2.75) is 27.2 Å². The number of H-pyrrole nitrogens is 2. The topological polar surface area (TPSA) is 315 Å². The SMILES string of the molecule is CC(=O)c1cc(Br)ccc1O.CCOC(=O)CC(=O)c1cc(Br)ccc1OCOC.COCOc1ccc(Br)cc1-c1cc(=O)[nH]c(-c2ccccc2Cl)n1.COCOc1ccc(Br)cc1C(C)=O.Cl.N=C(N)c1ccccc1Cl.O=c1cc(-c2cc(Br)ccc2O)nc(-c2ccccc2Cl)[nH]1. The van der Waals surface area contributed by atoms with Crippen molar-refractivity contribution in [3.8, 4) is 74.0 Å². The van der Waals surface area contributed by atoms with Crippen LogP contribution in [0, 0.1) is 5.41 Å². The first-order valence-corrected chi connectivity index (χ1v) is 34.5. The van der Waals surface area contributed by atoms with Crippen molar-refractivity contribution in [3.63, 3.8) is 0 Å². The van der Waals surface area contributed by atoms with Crippen LogP contribution in [0.1, 0.15) is 63.8 Å². The molecule has 0 radical (unpaired) electrons. The van der Waals surface area contributed by atoms with Gasteiger partial charge in [0.25, 0.3) is 11.1 Å². The van der Waals surface area contributed by atoms with E-state index in [-0.39, 0.29) is 91.6 Å². The van der Waals surface area contributed by atoms with E-state index in [1.807, 2.05) is 36.4 Å². The molecule has 0 spiro atoms. The fourth-order valence-electron chi connectivity index (χ4n) is 8.32. The van der Waals surface area contributed by atoms with Crippen molar-refractivity contribution in [2.24, 2.45) is 5.73 Å². The fraction of sp³-hybridized carbons (Fsp3) is 0.153. The van der Waals surface area contributed by atoms with E-state index in [1.54, 1.807) is 129 Å². The molecule has 0 aliphatic heterocycles. The number of rotatable bonds is 20. The molecule has 7 N–H and O–H groups in total. The molecule has 102 heavy (non-hydrogen) atoms. The van der Waals surface area contributed by atoms with Gasteiger partial charge in [0.05, 0.1) is 49.8 Å². The molecule has 2 heterocycles. The minimum Gasteiger partial charge on any atom is -0.507 e. The summed E-state index contributed by atoms with van der Waals surface area (Å²) in [6.07, 6.45) is -0.312. The van der Waals surface area contributed by atoms with Crippen molar-refractivity contribution in [1.82, 2.24) is 19.9 Å². The van der Waals surface area contributed by atoms with Crippen LogP contribution in [0.2, 0.25) is 15.1 Å². The van der Waals surface area contributed by atoms with Gasteiger partial charge in [0.15, 0.2) is 37.7 Å². The lowest BCUT2D eigenvalue weighted by molar-refractivity contribution is -0.141. The average molecular weight is 1800 g/mol. The Bertz CT molecular complexity index is 4650. The zero-order valence-corrected chi connectivity index (χ0v) is 65.9. The second-order valence-corrected chi connectivity index (χ2v) is 26.0. The number of nitrogens with two attached hydrogens (primary N) is 1. The van der Waals surface area contributed by atoms with Gasteiger partial charge in [-0.05, 0) is 148 Å². The molecule has 0 unspecified atom stereocenters. The van der Waals surface area contributed by atoms with Gasteiger partial charge in [0, 0.05) is 83.6 Å². The molecule has 0 atom stereocenters. The number of nitrogens with zero attached hydrogens (tertiary/aromatic N) is 2. The van der Waals surface area contributed by atoms with E-state index in [0.717, 1.165) is 22.4 Å². The summed E-state index contributed by atoms with van der Waals surface area (Å²) in [6.45, 7) is 5.12. The van der Waals surface area contributed by atoms with Crippen molar-refractivity contribution < 1.29 is 62.5 Å². The van der Waals surface area contributed by atoms with Gasteiger partial charge in [-0.15, -0.1) is 12.4 Å². The highest BCUT2D eigenvalue weighted by Crippen LogP contribution is 2.35. The smallest absolute Gasteiger partial charge is 0.313 e. The summed E-state index contributed by atoms with van der Waals surface area (Å²) in [6, 6.07) is 49.5. The van der Waals surface area contributed by atoms with Crippen LogP contribution >= 0.6 is 127 Å². The number of carbonyl (C=O) groups excluding carboxylic acids is 4. The third kappa shape index (κ3) is 27.9. The number of aromatic nitrogens is 4. The standard InChI is InChI=1S/C18H14BrClN2O3.C16H10BrClN2O2.C13H15BrO5.C10H11BrO3.C8H7BrO2.C7H7ClN2.ClH/c1-24-10-25-16-7-6-11(19)8-13(16)15-9-17(23)22-18(21-15)12-4-2-3-5-14(12)20;17-9-5-6-14(21)11(7-9)13-8-15(22)20-16(19-13)10-3-1-2-4-12(10)18;1-3-18-13(16)7-11(15)10-6-9(14)4-5-12(10)19-8-17-2;1-7(12)9-5-8(11)3-4-10(9)14-6-13-2;1-5(10)7-4-6(9)2-3-8(7)11;8-6-4-2-1-3-5(6)7(9)10;/h2-9H,10H2,1H3,(H,21,22,23);1-8,21H,(H,19,20,22);4-6H,3,7-8H2,1-2H3;3-5H,6H2,1-2H3;2-4,11H,1H3;1-4H,(H3,9,10);1H. The Morgan fingerprint density at radius 2 is 0.863 bits per heavy atom. The summed E-state index contributed by atoms with van der Waals surface area (Å²) < 4.78 is 39.4. The minimum atomic E-state index is -0.551. The number of Topliss-reactive ketones (excluding diaryl/α,β-unsaturated/α-hetero) is 3. The highest BCUT2D eigenvalue weighted by molar-refractivity contribution is 9.11. The number of ether oxygens (including phenoxy) is 7. The normalized spacial score (nSPS) is 10.1. The molecule has 21 nitrogen and oxygen atoms in total. The molecule has 8 aromatic carbocycles. The van der Waals surface area contributed by atoms with Crippen LogP contribution in [0.25, 0.3) is 45.3 Å². The first kappa shape index (κ1) is 86.3. The summed E-state index contributed by atoms with van der Waals surface area (Å²) in [5.74, 6) is 1.24. The summed E-state index contributed by atoms with van der Waals surface area (Å²) in [5.41, 5.74) is 9.68. The molecule has 0 bridgehead atoms. The van der Waals surface area contributed by atoms with Gasteiger partial charge in [0.1, 0.15) is 52.7 Å². The Morgan fingerprint density at radius 1 is 0.480 bits per heavy atom. The van der Waals surface area contributed by atoms with Crippen LogP contribution in [0.15, 0.2) is 208 Å². The largest absolute Gasteiger partial charge is 0.507 e. The van der Waals surface area contributed by atoms with Gasteiger partial charge >= 0.3 is 5.97 Å². The number of carbonyl (C=O) groups is 4. The first-order chi connectivity index (χ1) is 48.2. The van der Waals surface area contributed by atoms with E-state index in [9.17, 15) is 33.9 Å². The molecule has 2 aromatic heterocycles. The lowest BCUT2D eigenvalue weighted by Crippen LogP contribution is -2.13. The Kier molecular flexibility index (Phi) is 37.6. The third-order valence-corrected chi connectivity index (χ3v) is 16.3. The summed E-state index contributed by atoms with van der Waals surface area (Å²) >= 11 is 34.6. The second kappa shape index (κ2) is 44.4. The van der Waals surface area contributed by atoms with Crippen LogP contribution in [0.3, 0.4) is 0 Å². The predicted molar refractivity (Wildman–Crippen MR) is 415 cm³/mol. The average Bonchev–Trinajstić information content (AvgIpc) is 0.785. The number of nitrogen functional groups attached to an aromatic ring is 1. The molecule has 30 heteroatoms. The summed E-state index contributed by atoms with van der Waals surface area (Å²) in [7, 11) is 4.56. The molecular weight excluding hydrogens is 1730 g/mol. The van der Waals surface area contributed by atoms with Gasteiger partial charge in [-0.25, -0.2) is 9.97 Å². The van der Waals surface area contributed by atoms with E-state index in [1.165, 1.54) is 52.3 Å². The predicted octanol–water partition coefficient (Wildman–Crippen LogP) is 18.3. The van der Waals surface area contributed by atoms with E-state index in [2.05, 4.69) is 99.6 Å². The van der Waals surface area contributed by atoms with Gasteiger partial charge in [-0.1, -0.05) is 151 Å². The van der Waals surface area contributed by atoms with Crippen LogP contribution in [-0.4, -0.2) is 108 Å². The number of aromatic amines is 2. The molecule has 10 rings (SSSR count). The van der Waals surface area contributed by atoms with Crippen LogP contribution in [0.4, 0.5) is 0 Å². The van der Waals surface area contributed by atoms with E-state index in [0.29, 0.717) is 99.9 Å². The minimum absolute atomic E-state index is 0. The lowest BCUT2D eigenvalue weighted by atomic mass is 10.1. The highest BCUT2D eigenvalue weighted by Gasteiger charge is 2.19. The maximum Gasteiger partial charge on any atom is 0.313 e. The molecule has 0 saturated heterocycles. The fourth-order valence-corrected chi connectivity index (χ4v) is 10.8. The Morgan fingerprint density at radius 3 is 1.29 bits per heavy atom. The maximum atomic E-state index is 12.2. The number of hydrogen-bond acceptors (Lipinski definition) is 18. The Labute approximate surface area is 649 Å². The summed E-state index contributed by atoms with van der Waals surface area (Å²) in [4.78, 5) is 83.9. The zero-order valence-electron chi connectivity index (χ0n) is 54.9. The molecule has 0 amide bonds. The van der Waals surface area contributed by atoms with Gasteiger partial charge in [-0.3, -0.25) is 34.2 Å². The van der Waals surface area contributed by atoms with Crippen LogP contribution < -0.4 is 31.1 Å². The molecule has 0 aliphatic carbocycles. The van der Waals surface area contributed by atoms with Crippen molar-refractivity contribution in [3.05, 3.63) is 256 Å². The van der Waals surface area contributed by atoms with Crippen molar-refractivity contribution in [2.75, 3.05) is 48.3 Å². The van der Waals surface area contributed by atoms with Crippen molar-refractivity contribution in [1.29, 1.82) is 5.41 Å². The quantitative estimate of drug-likeness (QED) is 0.0103. The number of benzene rings is 8. The number of phenols is 2. The number of nitrogens with one attached hydrogen (secondary N) is 3. The van der Waals surface area contributed by atoms with Crippen molar-refractivity contribution >= 4 is 156 Å². The number of amidine groups is 1. The molecule has 10 aromatic rings.